The average molecular weight is 389 g/mol. The van der Waals surface area contributed by atoms with Crippen LogP contribution < -0.4 is 9.64 Å². The van der Waals surface area contributed by atoms with Crippen molar-refractivity contribution in [3.8, 4) is 5.75 Å². The van der Waals surface area contributed by atoms with E-state index in [1.54, 1.807) is 6.07 Å². The number of aliphatic hydroxyl groups excluding tert-OH is 1. The Morgan fingerprint density at radius 3 is 2.82 bits per heavy atom. The van der Waals surface area contributed by atoms with Gasteiger partial charge in [0.1, 0.15) is 30.6 Å². The number of anilines is 1. The summed E-state index contributed by atoms with van der Waals surface area (Å²) in [5, 5.41) is 17.0. The van der Waals surface area contributed by atoms with Crippen LogP contribution in [0.25, 0.3) is 6.08 Å². The molecule has 1 saturated heterocycles. The van der Waals surface area contributed by atoms with E-state index in [4.69, 9.17) is 4.74 Å². The molecule has 7 nitrogen and oxygen atoms in total. The second-order valence-electron chi connectivity index (χ2n) is 6.97. The van der Waals surface area contributed by atoms with Gasteiger partial charge in [-0.3, -0.25) is 4.90 Å². The van der Waals surface area contributed by atoms with Gasteiger partial charge < -0.3 is 14.7 Å². The van der Waals surface area contributed by atoms with Gasteiger partial charge in [0, 0.05) is 38.8 Å². The van der Waals surface area contributed by atoms with E-state index in [2.05, 4.69) is 31.9 Å². The summed E-state index contributed by atoms with van der Waals surface area (Å²) in [5.74, 6) is 0.871. The molecule has 0 aliphatic carbocycles. The molecule has 2 aromatic rings. The molecule has 3 rings (SSSR count). The van der Waals surface area contributed by atoms with Crippen LogP contribution in [-0.4, -0.2) is 70.6 Å². The van der Waals surface area contributed by atoms with Crippen molar-refractivity contribution >= 4 is 12.0 Å². The Hall–Kier alpha value is -2.45. The largest absolute Gasteiger partial charge is 0.491 e. The lowest BCUT2D eigenvalue weighted by atomic mass is 10.1. The number of allylic oxidation sites excluding steroid dienone is 1. The fourth-order valence-corrected chi connectivity index (χ4v) is 3.19. The zero-order valence-electron chi connectivity index (χ0n) is 16.2. The molecule has 0 amide bonds. The van der Waals surface area contributed by atoms with Crippen LogP contribution in [0.3, 0.4) is 0 Å². The van der Waals surface area contributed by atoms with Crippen LogP contribution in [0, 0.1) is 5.82 Å². The number of halogens is 1. The lowest BCUT2D eigenvalue weighted by molar-refractivity contribution is 0.0661. The third kappa shape index (κ3) is 6.03. The van der Waals surface area contributed by atoms with Gasteiger partial charge in [-0.15, -0.1) is 0 Å². The molecule has 28 heavy (non-hydrogen) atoms. The van der Waals surface area contributed by atoms with Crippen molar-refractivity contribution in [1.29, 1.82) is 0 Å². The molecular weight excluding hydrogens is 361 g/mol. The second kappa shape index (κ2) is 10.2. The van der Waals surface area contributed by atoms with E-state index >= 15 is 0 Å². The predicted molar refractivity (Wildman–Crippen MR) is 107 cm³/mol. The minimum absolute atomic E-state index is 0.129. The molecule has 2 N–H and O–H groups in total. The maximum Gasteiger partial charge on any atom is 0.221 e. The molecule has 1 aliphatic rings. The van der Waals surface area contributed by atoms with Crippen LogP contribution in [0.15, 0.2) is 30.6 Å². The molecule has 152 valence electrons. The van der Waals surface area contributed by atoms with Crippen molar-refractivity contribution in [1.82, 2.24) is 20.1 Å². The SMILES string of the molecule is CCC/C=C/c1cc(F)cc(OCC(O)CN2CCN(c3ncn[nH]3)CC2)c1. The molecule has 1 aromatic heterocycles. The topological polar surface area (TPSA) is 77.5 Å². The van der Waals surface area contributed by atoms with Crippen LogP contribution in [0.1, 0.15) is 25.3 Å². The smallest absolute Gasteiger partial charge is 0.221 e. The second-order valence-corrected chi connectivity index (χ2v) is 6.97. The first-order valence-corrected chi connectivity index (χ1v) is 9.74. The molecule has 0 saturated carbocycles. The fourth-order valence-electron chi connectivity index (χ4n) is 3.19. The number of unbranched alkanes of at least 4 members (excludes halogenated alkanes) is 1. The minimum atomic E-state index is -0.640. The van der Waals surface area contributed by atoms with Gasteiger partial charge in [-0.2, -0.15) is 10.1 Å². The van der Waals surface area contributed by atoms with Gasteiger partial charge in [0.2, 0.25) is 5.95 Å². The maximum atomic E-state index is 13.8. The average Bonchev–Trinajstić information content (AvgIpc) is 3.22. The summed E-state index contributed by atoms with van der Waals surface area (Å²) in [4.78, 5) is 8.48. The number of piperazine rings is 1. The first-order valence-electron chi connectivity index (χ1n) is 9.74. The lowest BCUT2D eigenvalue weighted by Crippen LogP contribution is -2.49. The van der Waals surface area contributed by atoms with Crippen LogP contribution >= 0.6 is 0 Å². The number of nitrogens with zero attached hydrogens (tertiary/aromatic N) is 4. The van der Waals surface area contributed by atoms with Crippen LogP contribution in [0.5, 0.6) is 5.75 Å². The monoisotopic (exact) mass is 389 g/mol. The number of aromatic amines is 1. The van der Waals surface area contributed by atoms with Gasteiger partial charge in [0.15, 0.2) is 0 Å². The molecule has 1 aromatic carbocycles. The van der Waals surface area contributed by atoms with Crippen LogP contribution in [-0.2, 0) is 0 Å². The van der Waals surface area contributed by atoms with Gasteiger partial charge in [-0.05, 0) is 24.1 Å². The number of hydrogen-bond acceptors (Lipinski definition) is 6. The highest BCUT2D eigenvalue weighted by atomic mass is 19.1. The first kappa shape index (κ1) is 20.3. The Balaban J connectivity index is 1.44. The van der Waals surface area contributed by atoms with Gasteiger partial charge in [0.05, 0.1) is 0 Å². The number of β-amino-alcohol motifs (C(OH)–C–C–N with tert-alkyl or cyclic N) is 1. The minimum Gasteiger partial charge on any atom is -0.491 e. The van der Waals surface area contributed by atoms with Crippen LogP contribution in [0.4, 0.5) is 10.3 Å². The summed E-state index contributed by atoms with van der Waals surface area (Å²) >= 11 is 0. The summed E-state index contributed by atoms with van der Waals surface area (Å²) in [6, 6.07) is 4.61. The zero-order chi connectivity index (χ0) is 19.8. The molecule has 2 heterocycles. The van der Waals surface area contributed by atoms with E-state index in [1.165, 1.54) is 18.5 Å². The Bertz CT molecular complexity index is 745. The normalized spacial score (nSPS) is 16.6. The Morgan fingerprint density at radius 1 is 1.29 bits per heavy atom. The van der Waals surface area contributed by atoms with Crippen molar-refractivity contribution in [2.24, 2.45) is 0 Å². The van der Waals surface area contributed by atoms with Gasteiger partial charge in [-0.25, -0.2) is 9.49 Å². The standard InChI is InChI=1S/C20H28FN5O2/c1-2-3-4-5-16-10-17(21)12-19(11-16)28-14-18(27)13-25-6-8-26(9-7-25)20-22-15-23-24-20/h4-5,10-12,15,18,27H,2-3,6-9,13-14H2,1H3,(H,22,23,24)/b5-4+. The van der Waals surface area contributed by atoms with Gasteiger partial charge in [0.25, 0.3) is 0 Å². The van der Waals surface area contributed by atoms with E-state index in [0.29, 0.717) is 12.3 Å². The van der Waals surface area contributed by atoms with Crippen molar-refractivity contribution in [2.75, 3.05) is 44.2 Å². The van der Waals surface area contributed by atoms with Crippen LogP contribution in [0.2, 0.25) is 0 Å². The predicted octanol–water partition coefficient (Wildman–Crippen LogP) is 2.32. The summed E-state index contributed by atoms with van der Waals surface area (Å²) in [6.45, 7) is 6.03. The van der Waals surface area contributed by atoms with E-state index < -0.39 is 6.10 Å². The number of benzene rings is 1. The lowest BCUT2D eigenvalue weighted by Gasteiger charge is -2.35. The Kier molecular flexibility index (Phi) is 7.39. The summed E-state index contributed by atoms with van der Waals surface area (Å²) < 4.78 is 19.4. The summed E-state index contributed by atoms with van der Waals surface area (Å²) in [6.07, 6.45) is 6.78. The number of ether oxygens (including phenoxy) is 1. The number of rotatable bonds is 9. The maximum absolute atomic E-state index is 13.8. The molecule has 1 fully saturated rings. The Morgan fingerprint density at radius 2 is 2.11 bits per heavy atom. The number of H-pyrrole nitrogens is 1. The number of aromatic nitrogens is 3. The van der Waals surface area contributed by atoms with Crippen molar-refractivity contribution in [3.05, 3.63) is 42.0 Å². The van der Waals surface area contributed by atoms with E-state index in [1.807, 2.05) is 12.2 Å². The Labute approximate surface area is 164 Å². The number of hydrogen-bond donors (Lipinski definition) is 2. The van der Waals surface area contributed by atoms with E-state index in [9.17, 15) is 9.50 Å². The highest BCUT2D eigenvalue weighted by Gasteiger charge is 2.21. The molecule has 0 radical (unpaired) electrons. The molecule has 1 atom stereocenters. The molecular formula is C20H28FN5O2. The highest BCUT2D eigenvalue weighted by Crippen LogP contribution is 2.18. The molecule has 8 heteroatoms. The van der Waals surface area contributed by atoms with E-state index in [0.717, 1.165) is 50.5 Å². The van der Waals surface area contributed by atoms with Gasteiger partial charge in [-0.1, -0.05) is 25.5 Å². The fraction of sp³-hybridized carbons (Fsp3) is 0.500. The molecule has 0 bridgehead atoms. The van der Waals surface area contributed by atoms with Crippen molar-refractivity contribution in [3.63, 3.8) is 0 Å². The quantitative estimate of drug-likeness (QED) is 0.685. The molecule has 1 unspecified atom stereocenters. The third-order valence-corrected chi connectivity index (χ3v) is 4.64. The third-order valence-electron chi connectivity index (χ3n) is 4.64. The van der Waals surface area contributed by atoms with Gasteiger partial charge >= 0.3 is 0 Å². The van der Waals surface area contributed by atoms with E-state index in [-0.39, 0.29) is 12.4 Å². The summed E-state index contributed by atoms with van der Waals surface area (Å²) in [5.41, 5.74) is 0.765. The first-order chi connectivity index (χ1) is 13.6. The highest BCUT2D eigenvalue weighted by molar-refractivity contribution is 5.52. The number of aliphatic hydroxyl groups is 1. The van der Waals surface area contributed by atoms with Crippen molar-refractivity contribution in [2.45, 2.75) is 25.9 Å². The number of nitrogens with one attached hydrogen (secondary N) is 1. The zero-order valence-corrected chi connectivity index (χ0v) is 16.2. The molecule has 1 aliphatic heterocycles. The molecule has 0 spiro atoms. The summed E-state index contributed by atoms with van der Waals surface area (Å²) in [7, 11) is 0. The van der Waals surface area contributed by atoms with Crippen molar-refractivity contribution < 1.29 is 14.2 Å².